The van der Waals surface area contributed by atoms with Crippen molar-refractivity contribution in [2.45, 2.75) is 26.3 Å². The molecule has 0 heterocycles. The number of ether oxygens (including phenoxy) is 4. The van der Waals surface area contributed by atoms with E-state index in [0.717, 1.165) is 18.4 Å². The first kappa shape index (κ1) is 17.9. The van der Waals surface area contributed by atoms with Crippen molar-refractivity contribution in [3.05, 3.63) is 17.7 Å². The Morgan fingerprint density at radius 1 is 1.05 bits per heavy atom. The van der Waals surface area contributed by atoms with E-state index >= 15 is 0 Å². The second-order valence-electron chi connectivity index (χ2n) is 4.76. The summed E-state index contributed by atoms with van der Waals surface area (Å²) in [6.07, 6.45) is 1.52. The third-order valence-electron chi connectivity index (χ3n) is 3.38. The number of carbonyl (C=O) groups excluding carboxylic acids is 1. The summed E-state index contributed by atoms with van der Waals surface area (Å²) in [5.41, 5.74) is 0.785. The molecule has 0 aliphatic carbocycles. The molecule has 1 rings (SSSR count). The van der Waals surface area contributed by atoms with E-state index in [9.17, 15) is 4.79 Å². The Balaban J connectivity index is 3.13. The normalized spacial score (nSPS) is 10.0. The summed E-state index contributed by atoms with van der Waals surface area (Å²) in [5.74, 6) is 1.86. The van der Waals surface area contributed by atoms with E-state index in [4.69, 9.17) is 18.9 Å². The number of rotatable bonds is 8. The van der Waals surface area contributed by atoms with Gasteiger partial charge in [-0.25, -0.2) is 4.79 Å². The number of amides is 1. The predicted molar refractivity (Wildman–Crippen MR) is 83.8 cm³/mol. The van der Waals surface area contributed by atoms with Crippen molar-refractivity contribution in [2.24, 2.45) is 0 Å². The minimum Gasteiger partial charge on any atom is -0.496 e. The molecule has 6 heteroatoms. The number of benzene rings is 1. The number of methoxy groups -OCH3 is 4. The largest absolute Gasteiger partial charge is 0.496 e. The van der Waals surface area contributed by atoms with Gasteiger partial charge in [0.25, 0.3) is 0 Å². The maximum absolute atomic E-state index is 11.9. The summed E-state index contributed by atoms with van der Waals surface area (Å²) in [6.45, 7) is 3.04. The maximum Gasteiger partial charge on any atom is 0.409 e. The molecule has 0 unspecified atom stereocenters. The Hall–Kier alpha value is -2.11. The molecular formula is C16H25NO5. The summed E-state index contributed by atoms with van der Waals surface area (Å²) in [7, 11) is 6.11. The van der Waals surface area contributed by atoms with E-state index in [-0.39, 0.29) is 6.09 Å². The Labute approximate surface area is 131 Å². The number of unbranched alkanes of at least 4 members (excludes halogenated alkanes) is 1. The zero-order valence-electron chi connectivity index (χ0n) is 14.0. The number of carbonyl (C=O) groups is 1. The summed E-state index contributed by atoms with van der Waals surface area (Å²) < 4.78 is 20.9. The molecule has 0 atom stereocenters. The highest BCUT2D eigenvalue weighted by Gasteiger charge is 2.20. The standard InChI is InChI=1S/C16H25NO5/c1-6-7-8-17(16(18)22-5)11-13-14(20-3)9-12(19-2)10-15(13)21-4/h9-10H,6-8,11H2,1-5H3. The Kier molecular flexibility index (Phi) is 7.36. The van der Waals surface area contributed by atoms with Gasteiger partial charge in [0.15, 0.2) is 0 Å². The van der Waals surface area contributed by atoms with Gasteiger partial charge < -0.3 is 23.8 Å². The molecule has 1 amide bonds. The van der Waals surface area contributed by atoms with Crippen LogP contribution in [0.4, 0.5) is 4.79 Å². The van der Waals surface area contributed by atoms with Crippen LogP contribution in [0.1, 0.15) is 25.3 Å². The fraction of sp³-hybridized carbons (Fsp3) is 0.562. The van der Waals surface area contributed by atoms with Gasteiger partial charge in [0.1, 0.15) is 17.2 Å². The van der Waals surface area contributed by atoms with E-state index in [2.05, 4.69) is 6.92 Å². The van der Waals surface area contributed by atoms with Gasteiger partial charge in [-0.15, -0.1) is 0 Å². The topological polar surface area (TPSA) is 57.2 Å². The quantitative estimate of drug-likeness (QED) is 0.738. The summed E-state index contributed by atoms with van der Waals surface area (Å²) in [5, 5.41) is 0. The third-order valence-corrected chi connectivity index (χ3v) is 3.38. The Morgan fingerprint density at radius 3 is 2.05 bits per heavy atom. The second kappa shape index (κ2) is 9.02. The first-order valence-electron chi connectivity index (χ1n) is 7.23. The minimum atomic E-state index is -0.367. The van der Waals surface area contributed by atoms with Crippen molar-refractivity contribution >= 4 is 6.09 Å². The number of hydrogen-bond donors (Lipinski definition) is 0. The highest BCUT2D eigenvalue weighted by molar-refractivity contribution is 5.68. The lowest BCUT2D eigenvalue weighted by Crippen LogP contribution is -2.31. The molecule has 0 spiro atoms. The lowest BCUT2D eigenvalue weighted by atomic mass is 10.1. The van der Waals surface area contributed by atoms with Gasteiger partial charge >= 0.3 is 6.09 Å². The van der Waals surface area contributed by atoms with Crippen molar-refractivity contribution < 1.29 is 23.7 Å². The molecule has 0 aliphatic rings. The minimum absolute atomic E-state index is 0.350. The van der Waals surface area contributed by atoms with Gasteiger partial charge in [-0.3, -0.25) is 0 Å². The predicted octanol–water partition coefficient (Wildman–Crippen LogP) is 3.08. The molecule has 1 aromatic rings. The number of hydrogen-bond acceptors (Lipinski definition) is 5. The molecule has 0 bridgehead atoms. The van der Waals surface area contributed by atoms with Gasteiger partial charge in [-0.2, -0.15) is 0 Å². The van der Waals surface area contributed by atoms with E-state index in [0.29, 0.717) is 30.3 Å². The van der Waals surface area contributed by atoms with Gasteiger partial charge in [-0.05, 0) is 6.42 Å². The van der Waals surface area contributed by atoms with E-state index in [1.807, 2.05) is 0 Å². The van der Waals surface area contributed by atoms with Crippen molar-refractivity contribution in [1.29, 1.82) is 0 Å². The van der Waals surface area contributed by atoms with E-state index < -0.39 is 0 Å². The van der Waals surface area contributed by atoms with Crippen LogP contribution in [-0.4, -0.2) is 46.0 Å². The van der Waals surface area contributed by atoms with Crippen LogP contribution in [0.15, 0.2) is 12.1 Å². The molecule has 0 saturated carbocycles. The smallest absolute Gasteiger partial charge is 0.409 e. The van der Waals surface area contributed by atoms with Crippen molar-refractivity contribution in [1.82, 2.24) is 4.90 Å². The third kappa shape index (κ3) is 4.44. The lowest BCUT2D eigenvalue weighted by Gasteiger charge is -2.23. The first-order valence-corrected chi connectivity index (χ1v) is 7.23. The van der Waals surface area contributed by atoms with Gasteiger partial charge in [0.05, 0.1) is 40.5 Å². The van der Waals surface area contributed by atoms with Crippen LogP contribution in [0.2, 0.25) is 0 Å². The van der Waals surface area contributed by atoms with Crippen LogP contribution >= 0.6 is 0 Å². The van der Waals surface area contributed by atoms with Crippen LogP contribution in [0.5, 0.6) is 17.2 Å². The molecule has 0 saturated heterocycles. The molecule has 1 aromatic carbocycles. The van der Waals surface area contributed by atoms with Crippen LogP contribution in [0.3, 0.4) is 0 Å². The van der Waals surface area contributed by atoms with Gasteiger partial charge in [0, 0.05) is 18.7 Å². The molecule has 0 radical (unpaired) electrons. The average Bonchev–Trinajstić information content (AvgIpc) is 2.57. The molecule has 0 fully saturated rings. The molecule has 6 nitrogen and oxygen atoms in total. The van der Waals surface area contributed by atoms with Gasteiger partial charge in [-0.1, -0.05) is 13.3 Å². The Morgan fingerprint density at radius 2 is 1.64 bits per heavy atom. The second-order valence-corrected chi connectivity index (χ2v) is 4.76. The SMILES string of the molecule is CCCCN(Cc1c(OC)cc(OC)cc1OC)C(=O)OC. The number of nitrogens with zero attached hydrogens (tertiary/aromatic N) is 1. The van der Waals surface area contributed by atoms with Crippen molar-refractivity contribution in [3.8, 4) is 17.2 Å². The highest BCUT2D eigenvalue weighted by Crippen LogP contribution is 2.35. The molecule has 0 N–H and O–H groups in total. The summed E-state index contributed by atoms with van der Waals surface area (Å²) >= 11 is 0. The molecular weight excluding hydrogens is 286 g/mol. The van der Waals surface area contributed by atoms with Crippen LogP contribution < -0.4 is 14.2 Å². The monoisotopic (exact) mass is 311 g/mol. The lowest BCUT2D eigenvalue weighted by molar-refractivity contribution is 0.119. The average molecular weight is 311 g/mol. The Bertz CT molecular complexity index is 464. The molecule has 124 valence electrons. The molecule has 0 aromatic heterocycles. The maximum atomic E-state index is 11.9. The summed E-state index contributed by atoms with van der Waals surface area (Å²) in [6, 6.07) is 3.54. The van der Waals surface area contributed by atoms with Crippen LogP contribution in [0.25, 0.3) is 0 Å². The van der Waals surface area contributed by atoms with Crippen molar-refractivity contribution in [3.63, 3.8) is 0 Å². The molecule has 22 heavy (non-hydrogen) atoms. The highest BCUT2D eigenvalue weighted by atomic mass is 16.5. The van der Waals surface area contributed by atoms with Crippen molar-refractivity contribution in [2.75, 3.05) is 35.0 Å². The zero-order chi connectivity index (χ0) is 16.5. The van der Waals surface area contributed by atoms with Crippen LogP contribution in [0, 0.1) is 0 Å². The van der Waals surface area contributed by atoms with Crippen LogP contribution in [-0.2, 0) is 11.3 Å². The molecule has 0 aliphatic heterocycles. The fourth-order valence-electron chi connectivity index (χ4n) is 2.14. The van der Waals surface area contributed by atoms with E-state index in [1.165, 1.54) is 7.11 Å². The fourth-order valence-corrected chi connectivity index (χ4v) is 2.14. The summed E-state index contributed by atoms with van der Waals surface area (Å²) in [4.78, 5) is 13.6. The zero-order valence-corrected chi connectivity index (χ0v) is 14.0. The van der Waals surface area contributed by atoms with Gasteiger partial charge in [0.2, 0.25) is 0 Å². The first-order chi connectivity index (χ1) is 10.6. The van der Waals surface area contributed by atoms with E-state index in [1.54, 1.807) is 38.4 Å².